The summed E-state index contributed by atoms with van der Waals surface area (Å²) in [5.74, 6) is 0.823. The van der Waals surface area contributed by atoms with Crippen molar-refractivity contribution < 1.29 is 9.53 Å². The Labute approximate surface area is 151 Å². The Balaban J connectivity index is 1.61. The van der Waals surface area contributed by atoms with Gasteiger partial charge in [0.2, 0.25) is 0 Å². The molecule has 1 N–H and O–H groups in total. The predicted octanol–water partition coefficient (Wildman–Crippen LogP) is 4.54. The van der Waals surface area contributed by atoms with Crippen LogP contribution in [-0.2, 0) is 11.3 Å². The highest BCUT2D eigenvalue weighted by Gasteiger charge is 2.17. The molecular formula is C19H20ClNO2S. The third-order valence-corrected chi connectivity index (χ3v) is 5.36. The molecule has 0 bridgehead atoms. The molecule has 0 radical (unpaired) electrons. The summed E-state index contributed by atoms with van der Waals surface area (Å²) in [4.78, 5) is 13.5. The minimum atomic E-state index is -0.0644. The summed E-state index contributed by atoms with van der Waals surface area (Å²) in [6, 6.07) is 15.2. The molecule has 1 fully saturated rings. The molecule has 1 atom stereocenters. The number of nitrogens with one attached hydrogen (secondary N) is 1. The number of amides is 1. The molecule has 24 heavy (non-hydrogen) atoms. The van der Waals surface area contributed by atoms with Crippen molar-refractivity contribution in [3.05, 3.63) is 64.7 Å². The van der Waals surface area contributed by atoms with E-state index in [1.54, 1.807) is 11.8 Å². The molecule has 0 saturated carbocycles. The third-order valence-electron chi connectivity index (χ3n) is 3.92. The van der Waals surface area contributed by atoms with Gasteiger partial charge in [0.05, 0.1) is 11.7 Å². The van der Waals surface area contributed by atoms with Crippen LogP contribution in [0.25, 0.3) is 0 Å². The normalized spacial score (nSPS) is 17.0. The lowest BCUT2D eigenvalue weighted by molar-refractivity contribution is 0.0948. The quantitative estimate of drug-likeness (QED) is 0.767. The monoisotopic (exact) mass is 361 g/mol. The number of carbonyl (C=O) groups excluding carboxylic acids is 1. The van der Waals surface area contributed by atoms with Crippen LogP contribution in [0.15, 0.2) is 53.4 Å². The molecule has 1 amide bonds. The third kappa shape index (κ3) is 4.76. The van der Waals surface area contributed by atoms with Crippen molar-refractivity contribution in [2.75, 3.05) is 12.4 Å². The van der Waals surface area contributed by atoms with Crippen molar-refractivity contribution >= 4 is 29.3 Å². The van der Waals surface area contributed by atoms with E-state index >= 15 is 0 Å². The second-order valence-corrected chi connectivity index (χ2v) is 7.25. The number of halogens is 1. The highest BCUT2D eigenvalue weighted by atomic mass is 35.5. The van der Waals surface area contributed by atoms with Crippen molar-refractivity contribution in [3.63, 3.8) is 0 Å². The van der Waals surface area contributed by atoms with E-state index in [0.717, 1.165) is 35.7 Å². The predicted molar refractivity (Wildman–Crippen MR) is 98.8 cm³/mol. The first kappa shape index (κ1) is 17.3. The number of ether oxygens (including phenoxy) is 1. The van der Waals surface area contributed by atoms with Crippen LogP contribution in [0, 0.1) is 0 Å². The molecule has 0 spiro atoms. The Kier molecular flexibility index (Phi) is 6.18. The Morgan fingerprint density at radius 3 is 2.92 bits per heavy atom. The summed E-state index contributed by atoms with van der Waals surface area (Å²) in [6.45, 7) is 1.32. The fourth-order valence-corrected chi connectivity index (χ4v) is 4.00. The summed E-state index contributed by atoms with van der Waals surface area (Å²) in [7, 11) is 0. The standard InChI is InChI=1S/C19H20ClNO2S/c20-15-6-3-5-14(11-15)12-21-19(22)17-8-1-2-9-18(17)24-13-16-7-4-10-23-16/h1-3,5-6,8-9,11,16H,4,7,10,12-13H2,(H,21,22)/t16-/m0/s1. The fraction of sp³-hybridized carbons (Fsp3) is 0.316. The SMILES string of the molecule is O=C(NCc1cccc(Cl)c1)c1ccccc1SC[C@@H]1CCCO1. The zero-order valence-electron chi connectivity index (χ0n) is 13.3. The van der Waals surface area contributed by atoms with Gasteiger partial charge in [0.15, 0.2) is 0 Å². The summed E-state index contributed by atoms with van der Waals surface area (Å²) in [5, 5.41) is 3.64. The van der Waals surface area contributed by atoms with Crippen molar-refractivity contribution in [2.45, 2.75) is 30.4 Å². The molecule has 1 aliphatic heterocycles. The second-order valence-electron chi connectivity index (χ2n) is 5.75. The number of carbonyl (C=O) groups is 1. The van der Waals surface area contributed by atoms with Crippen LogP contribution >= 0.6 is 23.4 Å². The molecule has 1 aliphatic rings. The van der Waals surface area contributed by atoms with Crippen LogP contribution in [0.2, 0.25) is 5.02 Å². The molecule has 2 aromatic carbocycles. The molecular weight excluding hydrogens is 342 g/mol. The van der Waals surface area contributed by atoms with E-state index < -0.39 is 0 Å². The molecule has 0 aromatic heterocycles. The molecule has 0 unspecified atom stereocenters. The lowest BCUT2D eigenvalue weighted by Gasteiger charge is -2.12. The lowest BCUT2D eigenvalue weighted by Crippen LogP contribution is -2.23. The highest BCUT2D eigenvalue weighted by Crippen LogP contribution is 2.26. The van der Waals surface area contributed by atoms with Crippen molar-refractivity contribution in [1.29, 1.82) is 0 Å². The number of hydrogen-bond acceptors (Lipinski definition) is 3. The van der Waals surface area contributed by atoms with Crippen LogP contribution < -0.4 is 5.32 Å². The van der Waals surface area contributed by atoms with Gasteiger partial charge in [-0.25, -0.2) is 0 Å². The average molecular weight is 362 g/mol. The van der Waals surface area contributed by atoms with Crippen molar-refractivity contribution in [3.8, 4) is 0 Å². The van der Waals surface area contributed by atoms with E-state index in [4.69, 9.17) is 16.3 Å². The van der Waals surface area contributed by atoms with Gasteiger partial charge in [0.1, 0.15) is 0 Å². The minimum Gasteiger partial charge on any atom is -0.377 e. The number of rotatable bonds is 6. The Morgan fingerprint density at radius 1 is 1.25 bits per heavy atom. The first-order chi connectivity index (χ1) is 11.7. The zero-order valence-corrected chi connectivity index (χ0v) is 14.9. The molecule has 5 heteroatoms. The smallest absolute Gasteiger partial charge is 0.252 e. The maximum absolute atomic E-state index is 12.5. The topological polar surface area (TPSA) is 38.3 Å². The molecule has 1 heterocycles. The molecule has 0 aliphatic carbocycles. The van der Waals surface area contributed by atoms with Crippen LogP contribution in [-0.4, -0.2) is 24.4 Å². The lowest BCUT2D eigenvalue weighted by atomic mass is 10.2. The molecule has 3 nitrogen and oxygen atoms in total. The van der Waals surface area contributed by atoms with Gasteiger partial charge in [-0.15, -0.1) is 11.8 Å². The Morgan fingerprint density at radius 2 is 2.12 bits per heavy atom. The number of hydrogen-bond donors (Lipinski definition) is 1. The van der Waals surface area contributed by atoms with Crippen LogP contribution in [0.1, 0.15) is 28.8 Å². The maximum atomic E-state index is 12.5. The number of thioether (sulfide) groups is 1. The van der Waals surface area contributed by atoms with Gasteiger partial charge in [-0.1, -0.05) is 35.9 Å². The van der Waals surface area contributed by atoms with E-state index in [0.29, 0.717) is 23.2 Å². The first-order valence-corrected chi connectivity index (χ1v) is 9.45. The van der Waals surface area contributed by atoms with Gasteiger partial charge in [0.25, 0.3) is 5.91 Å². The van der Waals surface area contributed by atoms with Gasteiger partial charge in [-0.2, -0.15) is 0 Å². The largest absolute Gasteiger partial charge is 0.377 e. The van der Waals surface area contributed by atoms with Gasteiger partial charge in [0, 0.05) is 28.8 Å². The van der Waals surface area contributed by atoms with E-state index in [9.17, 15) is 4.79 Å². The van der Waals surface area contributed by atoms with Crippen LogP contribution in [0.3, 0.4) is 0 Å². The number of benzene rings is 2. The van der Waals surface area contributed by atoms with E-state index in [-0.39, 0.29) is 5.91 Å². The minimum absolute atomic E-state index is 0.0644. The first-order valence-electron chi connectivity index (χ1n) is 8.08. The summed E-state index contributed by atoms with van der Waals surface area (Å²) >= 11 is 7.67. The maximum Gasteiger partial charge on any atom is 0.252 e. The molecule has 3 rings (SSSR count). The molecule has 1 saturated heterocycles. The van der Waals surface area contributed by atoms with Crippen molar-refractivity contribution in [2.24, 2.45) is 0 Å². The highest BCUT2D eigenvalue weighted by molar-refractivity contribution is 7.99. The Hall–Kier alpha value is -1.49. The molecule has 2 aromatic rings. The fourth-order valence-electron chi connectivity index (χ4n) is 2.66. The van der Waals surface area contributed by atoms with Gasteiger partial charge >= 0.3 is 0 Å². The van der Waals surface area contributed by atoms with Crippen LogP contribution in [0.5, 0.6) is 0 Å². The summed E-state index contributed by atoms with van der Waals surface area (Å²) in [5.41, 5.74) is 1.70. The zero-order chi connectivity index (χ0) is 16.8. The van der Waals surface area contributed by atoms with E-state index in [1.165, 1.54) is 0 Å². The van der Waals surface area contributed by atoms with Gasteiger partial charge in [-0.3, -0.25) is 4.79 Å². The summed E-state index contributed by atoms with van der Waals surface area (Å²) in [6.07, 6.45) is 2.54. The van der Waals surface area contributed by atoms with Gasteiger partial charge < -0.3 is 10.1 Å². The Bertz CT molecular complexity index is 701. The van der Waals surface area contributed by atoms with E-state index in [2.05, 4.69) is 5.32 Å². The summed E-state index contributed by atoms with van der Waals surface area (Å²) < 4.78 is 5.66. The average Bonchev–Trinajstić information content (AvgIpc) is 3.12. The second kappa shape index (κ2) is 8.56. The van der Waals surface area contributed by atoms with Gasteiger partial charge in [-0.05, 0) is 42.7 Å². The van der Waals surface area contributed by atoms with Crippen molar-refractivity contribution in [1.82, 2.24) is 5.32 Å². The van der Waals surface area contributed by atoms with E-state index in [1.807, 2.05) is 48.5 Å². The molecule has 126 valence electrons. The van der Waals surface area contributed by atoms with Crippen LogP contribution in [0.4, 0.5) is 0 Å².